The second-order valence-electron chi connectivity index (χ2n) is 9.12. The van der Waals surface area contributed by atoms with Crippen LogP contribution in [0.15, 0.2) is 72.9 Å². The Kier molecular flexibility index (Phi) is 5.81. The highest BCUT2D eigenvalue weighted by molar-refractivity contribution is 6.10. The van der Waals surface area contributed by atoms with Gasteiger partial charge < -0.3 is 9.84 Å². The third-order valence-electron chi connectivity index (χ3n) is 6.63. The molecule has 1 aromatic heterocycles. The number of hydrogen-bond acceptors (Lipinski definition) is 5. The normalized spacial score (nSPS) is 14.0. The number of Topliss-reactive ketones (excluding diaryl/α,β-unsaturated/α-hetero) is 2. The molecule has 176 valence electrons. The molecule has 3 aromatic carbocycles. The van der Waals surface area contributed by atoms with Crippen LogP contribution in [0, 0.1) is 18.2 Å². The van der Waals surface area contributed by atoms with E-state index in [0.717, 1.165) is 16.6 Å². The summed E-state index contributed by atoms with van der Waals surface area (Å²) < 4.78 is 19.2. The summed E-state index contributed by atoms with van der Waals surface area (Å²) in [7, 11) is 0. The summed E-state index contributed by atoms with van der Waals surface area (Å²) in [4.78, 5) is 30.2. The Morgan fingerprint density at radius 2 is 1.54 bits per heavy atom. The van der Waals surface area contributed by atoms with Crippen LogP contribution in [0.1, 0.15) is 29.5 Å². The Morgan fingerprint density at radius 1 is 0.943 bits per heavy atom. The van der Waals surface area contributed by atoms with E-state index in [-0.39, 0.29) is 36.0 Å². The number of nitrogens with zero attached hydrogens (tertiary/aromatic N) is 1. The fourth-order valence-corrected chi connectivity index (χ4v) is 4.30. The minimum Gasteiger partial charge on any atom is -0.508 e. The molecule has 1 N–H and O–H groups in total. The number of phenolic OH excluding ortho intramolecular Hbond substituents is 1. The molecule has 4 aromatic rings. The van der Waals surface area contributed by atoms with Gasteiger partial charge in [-0.3, -0.25) is 14.6 Å². The Morgan fingerprint density at radius 3 is 2.14 bits per heavy atom. The zero-order chi connectivity index (χ0) is 24.6. The number of halogens is 1. The number of rotatable bonds is 8. The van der Waals surface area contributed by atoms with Gasteiger partial charge >= 0.3 is 0 Å². The van der Waals surface area contributed by atoms with Gasteiger partial charge in [0.15, 0.2) is 11.6 Å². The second kappa shape index (κ2) is 8.95. The molecule has 5 rings (SSSR count). The topological polar surface area (TPSA) is 76.5 Å². The van der Waals surface area contributed by atoms with Gasteiger partial charge in [0.2, 0.25) is 0 Å². The number of ketones is 2. The van der Waals surface area contributed by atoms with E-state index >= 15 is 0 Å². The van der Waals surface area contributed by atoms with Gasteiger partial charge in [0, 0.05) is 24.4 Å². The van der Waals surface area contributed by atoms with Crippen molar-refractivity contribution in [3.8, 4) is 17.2 Å². The van der Waals surface area contributed by atoms with Crippen LogP contribution in [0.5, 0.6) is 17.2 Å². The van der Waals surface area contributed by atoms with Gasteiger partial charge in [-0.25, -0.2) is 4.39 Å². The third-order valence-corrected chi connectivity index (χ3v) is 6.63. The van der Waals surface area contributed by atoms with E-state index in [9.17, 15) is 19.1 Å². The number of fused-ring (bicyclic) bond motifs is 1. The maximum Gasteiger partial charge on any atom is 0.150 e. The number of benzene rings is 3. The molecular weight excluding hydrogens is 445 g/mol. The van der Waals surface area contributed by atoms with Crippen molar-refractivity contribution < 1.29 is 23.8 Å². The first-order valence-electron chi connectivity index (χ1n) is 11.5. The van der Waals surface area contributed by atoms with Crippen LogP contribution in [0.25, 0.3) is 10.9 Å². The number of aromatic hydroxyl groups is 1. The Labute approximate surface area is 202 Å². The number of carbonyl (C=O) groups excluding carboxylic acids is 2. The molecule has 1 aliphatic rings. The van der Waals surface area contributed by atoms with Crippen molar-refractivity contribution in [3.63, 3.8) is 0 Å². The quantitative estimate of drug-likeness (QED) is 0.326. The number of aryl methyl sites for hydroxylation is 1. The average Bonchev–Trinajstić information content (AvgIpc) is 3.65. The lowest BCUT2D eigenvalue weighted by Crippen LogP contribution is -2.28. The molecule has 1 fully saturated rings. The highest BCUT2D eigenvalue weighted by atomic mass is 19.1. The van der Waals surface area contributed by atoms with Gasteiger partial charge in [-0.2, -0.15) is 0 Å². The van der Waals surface area contributed by atoms with Gasteiger partial charge in [0.05, 0.1) is 10.9 Å². The molecule has 0 radical (unpaired) electrons. The summed E-state index contributed by atoms with van der Waals surface area (Å²) in [6.45, 7) is 1.81. The standard InChI is InChI=1S/C29H24FNO4/c1-18-14-24-23(17-25(18)32)26(10-13-31-24)35-22-8-4-20(5-9-22)16-28(34)29(11-12-29)27(33)15-19-2-6-21(30)7-3-19/h2-10,13-14,17,32H,11-12,15-16H2,1H3. The van der Waals surface area contributed by atoms with E-state index in [2.05, 4.69) is 4.98 Å². The van der Waals surface area contributed by atoms with Crippen molar-refractivity contribution in [1.29, 1.82) is 0 Å². The molecule has 0 bridgehead atoms. The first-order valence-corrected chi connectivity index (χ1v) is 11.5. The van der Waals surface area contributed by atoms with Crippen LogP contribution in [0.3, 0.4) is 0 Å². The van der Waals surface area contributed by atoms with Gasteiger partial charge in [-0.05, 0) is 78.9 Å². The van der Waals surface area contributed by atoms with Gasteiger partial charge in [0.25, 0.3) is 0 Å². The fourth-order valence-electron chi connectivity index (χ4n) is 4.30. The summed E-state index contributed by atoms with van der Waals surface area (Å²) in [6, 6.07) is 18.2. The molecular formula is C29H24FNO4. The maximum absolute atomic E-state index is 13.1. The molecule has 1 aliphatic carbocycles. The molecule has 0 saturated heterocycles. The predicted molar refractivity (Wildman–Crippen MR) is 130 cm³/mol. The summed E-state index contributed by atoms with van der Waals surface area (Å²) in [5.41, 5.74) is 2.06. The smallest absolute Gasteiger partial charge is 0.150 e. The van der Waals surface area contributed by atoms with Crippen LogP contribution in [0.4, 0.5) is 4.39 Å². The maximum atomic E-state index is 13.1. The summed E-state index contributed by atoms with van der Waals surface area (Å²) in [5, 5.41) is 10.8. The van der Waals surface area contributed by atoms with Crippen molar-refractivity contribution in [1.82, 2.24) is 4.98 Å². The first-order chi connectivity index (χ1) is 16.8. The zero-order valence-electron chi connectivity index (χ0n) is 19.3. The molecule has 6 heteroatoms. The minimum absolute atomic E-state index is 0.0794. The van der Waals surface area contributed by atoms with Crippen molar-refractivity contribution in [2.24, 2.45) is 5.41 Å². The summed E-state index contributed by atoms with van der Waals surface area (Å²) in [6.07, 6.45) is 3.08. The number of ether oxygens (including phenoxy) is 1. The number of hydrogen-bond donors (Lipinski definition) is 1. The molecule has 0 atom stereocenters. The highest BCUT2D eigenvalue weighted by Gasteiger charge is 2.54. The third kappa shape index (κ3) is 4.64. The number of carbonyl (C=O) groups is 2. The van der Waals surface area contributed by atoms with Crippen LogP contribution in [-0.2, 0) is 22.4 Å². The minimum atomic E-state index is -0.917. The van der Waals surface area contributed by atoms with Crippen molar-refractivity contribution in [2.75, 3.05) is 0 Å². The van der Waals surface area contributed by atoms with Crippen molar-refractivity contribution >= 4 is 22.5 Å². The lowest BCUT2D eigenvalue weighted by Gasteiger charge is -2.14. The predicted octanol–water partition coefficient (Wildman–Crippen LogP) is 5.88. The Hall–Kier alpha value is -4.06. The molecule has 0 aliphatic heterocycles. The van der Waals surface area contributed by atoms with Gasteiger partial charge in [0.1, 0.15) is 23.1 Å². The molecule has 35 heavy (non-hydrogen) atoms. The van der Waals surface area contributed by atoms with Crippen LogP contribution >= 0.6 is 0 Å². The Balaban J connectivity index is 1.26. The average molecular weight is 470 g/mol. The SMILES string of the molecule is Cc1cc2nccc(Oc3ccc(CC(=O)C4(C(=O)Cc5ccc(F)cc5)CC4)cc3)c2cc1O. The van der Waals surface area contributed by atoms with E-state index in [4.69, 9.17) is 4.74 Å². The van der Waals surface area contributed by atoms with Crippen LogP contribution in [0.2, 0.25) is 0 Å². The Bertz CT molecular complexity index is 1420. The molecule has 5 nitrogen and oxygen atoms in total. The lowest BCUT2D eigenvalue weighted by atomic mass is 9.88. The van der Waals surface area contributed by atoms with Gasteiger partial charge in [-0.1, -0.05) is 24.3 Å². The van der Waals surface area contributed by atoms with E-state index in [1.807, 2.05) is 19.1 Å². The molecule has 0 unspecified atom stereocenters. The molecule has 1 saturated carbocycles. The molecule has 0 spiro atoms. The van der Waals surface area contributed by atoms with E-state index in [1.165, 1.54) is 12.1 Å². The highest BCUT2D eigenvalue weighted by Crippen LogP contribution is 2.48. The van der Waals surface area contributed by atoms with E-state index in [1.54, 1.807) is 48.7 Å². The largest absolute Gasteiger partial charge is 0.508 e. The van der Waals surface area contributed by atoms with E-state index < -0.39 is 5.41 Å². The number of phenols is 1. The molecule has 1 heterocycles. The summed E-state index contributed by atoms with van der Waals surface area (Å²) in [5.74, 6) is 0.796. The fraction of sp³-hybridized carbons (Fsp3) is 0.207. The van der Waals surface area contributed by atoms with E-state index in [0.29, 0.717) is 35.3 Å². The summed E-state index contributed by atoms with van der Waals surface area (Å²) >= 11 is 0. The lowest BCUT2D eigenvalue weighted by molar-refractivity contribution is -0.133. The van der Waals surface area contributed by atoms with Crippen LogP contribution < -0.4 is 4.74 Å². The molecule has 0 amide bonds. The van der Waals surface area contributed by atoms with Crippen molar-refractivity contribution in [2.45, 2.75) is 32.6 Å². The van der Waals surface area contributed by atoms with Crippen LogP contribution in [-0.4, -0.2) is 21.7 Å². The van der Waals surface area contributed by atoms with Crippen molar-refractivity contribution in [3.05, 3.63) is 95.4 Å². The second-order valence-corrected chi connectivity index (χ2v) is 9.12. The number of pyridine rings is 1. The van der Waals surface area contributed by atoms with Gasteiger partial charge in [-0.15, -0.1) is 0 Å². The zero-order valence-corrected chi connectivity index (χ0v) is 19.3. The monoisotopic (exact) mass is 469 g/mol. The number of aromatic nitrogens is 1. The first kappa shape index (κ1) is 22.7.